The summed E-state index contributed by atoms with van der Waals surface area (Å²) < 4.78 is 43.8. The highest BCUT2D eigenvalue weighted by atomic mass is 19.4. The first-order valence-corrected chi connectivity index (χ1v) is 7.13. The van der Waals surface area contributed by atoms with Gasteiger partial charge in [-0.05, 0) is 24.7 Å². The molecule has 1 amide bonds. The Hall–Kier alpha value is -1.60. The predicted octanol–water partition coefficient (Wildman–Crippen LogP) is 2.21. The fourth-order valence-electron chi connectivity index (χ4n) is 2.38. The van der Waals surface area contributed by atoms with Crippen LogP contribution in [0.2, 0.25) is 0 Å². The molecule has 0 aliphatic carbocycles. The third kappa shape index (κ3) is 4.20. The van der Waals surface area contributed by atoms with E-state index in [1.807, 2.05) is 0 Å². The van der Waals surface area contributed by atoms with E-state index in [-0.39, 0.29) is 12.5 Å². The number of hydrogen-bond acceptors (Lipinski definition) is 3. The highest BCUT2D eigenvalue weighted by Gasteiger charge is 2.32. The van der Waals surface area contributed by atoms with Gasteiger partial charge in [0.1, 0.15) is 6.10 Å². The van der Waals surface area contributed by atoms with Crippen LogP contribution >= 0.6 is 0 Å². The van der Waals surface area contributed by atoms with Gasteiger partial charge in [-0.2, -0.15) is 13.2 Å². The first-order valence-electron chi connectivity index (χ1n) is 7.13. The van der Waals surface area contributed by atoms with Crippen LogP contribution in [-0.2, 0) is 15.7 Å². The molecular formula is C15H19F3N2O2. The van der Waals surface area contributed by atoms with E-state index in [9.17, 15) is 18.0 Å². The summed E-state index contributed by atoms with van der Waals surface area (Å²) >= 11 is 0. The molecule has 0 aromatic heterocycles. The van der Waals surface area contributed by atoms with Crippen molar-refractivity contribution in [3.63, 3.8) is 0 Å². The summed E-state index contributed by atoms with van der Waals surface area (Å²) in [6.45, 7) is 1.65. The Morgan fingerprint density at radius 3 is 2.91 bits per heavy atom. The van der Waals surface area contributed by atoms with Gasteiger partial charge >= 0.3 is 6.18 Å². The van der Waals surface area contributed by atoms with E-state index in [4.69, 9.17) is 4.74 Å². The van der Waals surface area contributed by atoms with Crippen molar-refractivity contribution in [1.29, 1.82) is 0 Å². The number of benzene rings is 1. The van der Waals surface area contributed by atoms with Gasteiger partial charge in [-0.1, -0.05) is 12.1 Å². The van der Waals surface area contributed by atoms with Crippen LogP contribution in [0.5, 0.6) is 0 Å². The lowest BCUT2D eigenvalue weighted by Gasteiger charge is -2.33. The molecule has 1 fully saturated rings. The molecule has 1 aromatic rings. The number of rotatable bonds is 4. The van der Waals surface area contributed by atoms with Gasteiger partial charge in [0.05, 0.1) is 18.7 Å². The molecule has 1 aliphatic heterocycles. The van der Waals surface area contributed by atoms with E-state index in [1.54, 1.807) is 18.0 Å². The average Bonchev–Trinajstić information content (AvgIpc) is 2.52. The number of ether oxygens (including phenoxy) is 1. The number of hydrogen-bond donors (Lipinski definition) is 1. The molecule has 0 radical (unpaired) electrons. The quantitative estimate of drug-likeness (QED) is 0.926. The van der Waals surface area contributed by atoms with Gasteiger partial charge in [-0.25, -0.2) is 0 Å². The zero-order valence-corrected chi connectivity index (χ0v) is 12.3. The first-order chi connectivity index (χ1) is 10.4. The number of carbonyl (C=O) groups is 1. The Morgan fingerprint density at radius 1 is 1.45 bits per heavy atom. The summed E-state index contributed by atoms with van der Waals surface area (Å²) in [4.78, 5) is 13.7. The summed E-state index contributed by atoms with van der Waals surface area (Å²) in [7, 11) is 1.76. The van der Waals surface area contributed by atoms with Gasteiger partial charge in [0, 0.05) is 19.5 Å². The van der Waals surface area contributed by atoms with Crippen LogP contribution < -0.4 is 5.32 Å². The molecule has 0 spiro atoms. The molecule has 1 aliphatic rings. The van der Waals surface area contributed by atoms with E-state index in [2.05, 4.69) is 5.32 Å². The normalized spacial score (nSPS) is 19.3. The summed E-state index contributed by atoms with van der Waals surface area (Å²) in [5.41, 5.74) is -0.256. The van der Waals surface area contributed by atoms with Crippen LogP contribution in [0.25, 0.3) is 0 Å². The Balaban J connectivity index is 2.08. The number of nitrogens with one attached hydrogen (secondary N) is 1. The maximum atomic E-state index is 12.8. The van der Waals surface area contributed by atoms with Crippen LogP contribution in [0.15, 0.2) is 24.3 Å². The molecule has 2 rings (SSSR count). The van der Waals surface area contributed by atoms with Gasteiger partial charge in [0.2, 0.25) is 5.91 Å². The predicted molar refractivity (Wildman–Crippen MR) is 75.3 cm³/mol. The zero-order chi connectivity index (χ0) is 16.2. The Kier molecular flexibility index (Phi) is 5.42. The molecule has 122 valence electrons. The summed E-state index contributed by atoms with van der Waals surface area (Å²) in [6, 6.07) is 5.08. The average molecular weight is 316 g/mol. The third-order valence-corrected chi connectivity index (χ3v) is 3.59. The van der Waals surface area contributed by atoms with E-state index < -0.39 is 17.8 Å². The van der Waals surface area contributed by atoms with Crippen LogP contribution in [0.4, 0.5) is 13.2 Å². The monoisotopic (exact) mass is 316 g/mol. The van der Waals surface area contributed by atoms with E-state index in [0.717, 1.165) is 12.1 Å². The van der Waals surface area contributed by atoms with E-state index >= 15 is 0 Å². The molecule has 0 bridgehead atoms. The largest absolute Gasteiger partial charge is 0.416 e. The highest BCUT2D eigenvalue weighted by molar-refractivity contribution is 5.76. The van der Waals surface area contributed by atoms with Crippen molar-refractivity contribution >= 4 is 5.91 Å². The molecular weight excluding hydrogens is 297 g/mol. The number of amides is 1. The minimum absolute atomic E-state index is 0.0189. The topological polar surface area (TPSA) is 41.6 Å². The number of halogens is 3. The molecule has 1 saturated heterocycles. The Morgan fingerprint density at radius 2 is 2.23 bits per heavy atom. The lowest BCUT2D eigenvalue weighted by molar-refractivity contribution is -0.140. The summed E-state index contributed by atoms with van der Waals surface area (Å²) in [6.07, 6.45) is -4.53. The molecule has 1 aromatic carbocycles. The van der Waals surface area contributed by atoms with Crippen molar-refractivity contribution in [2.24, 2.45) is 0 Å². The van der Waals surface area contributed by atoms with Crippen molar-refractivity contribution in [2.45, 2.75) is 18.7 Å². The fourth-order valence-corrected chi connectivity index (χ4v) is 2.38. The van der Waals surface area contributed by atoms with Crippen LogP contribution in [0.1, 0.15) is 23.7 Å². The van der Waals surface area contributed by atoms with Crippen molar-refractivity contribution in [2.75, 3.05) is 33.3 Å². The fraction of sp³-hybridized carbons (Fsp3) is 0.533. The molecule has 0 saturated carbocycles. The van der Waals surface area contributed by atoms with Crippen LogP contribution in [0.3, 0.4) is 0 Å². The van der Waals surface area contributed by atoms with Gasteiger partial charge in [0.25, 0.3) is 0 Å². The third-order valence-electron chi connectivity index (χ3n) is 3.59. The number of nitrogens with zero attached hydrogens (tertiary/aromatic N) is 1. The zero-order valence-electron chi connectivity index (χ0n) is 12.3. The Labute approximate surface area is 127 Å². The number of carbonyl (C=O) groups excluding carboxylic acids is 1. The molecule has 1 heterocycles. The molecule has 1 unspecified atom stereocenters. The molecule has 1 atom stereocenters. The van der Waals surface area contributed by atoms with Gasteiger partial charge < -0.3 is 15.0 Å². The standard InChI is InChI=1S/C15H19F3N2O2/c1-19-6-5-14(21)20-7-8-22-13(10-20)11-3-2-4-12(9-11)15(16,17)18/h2-4,9,13,19H,5-8,10H2,1H3. The second kappa shape index (κ2) is 7.11. The minimum atomic E-state index is -4.38. The second-order valence-electron chi connectivity index (χ2n) is 5.18. The van der Waals surface area contributed by atoms with Gasteiger partial charge in [-0.3, -0.25) is 4.79 Å². The van der Waals surface area contributed by atoms with Crippen molar-refractivity contribution in [1.82, 2.24) is 10.2 Å². The smallest absolute Gasteiger partial charge is 0.370 e. The van der Waals surface area contributed by atoms with Gasteiger partial charge in [0.15, 0.2) is 0 Å². The lowest BCUT2D eigenvalue weighted by atomic mass is 10.0. The second-order valence-corrected chi connectivity index (χ2v) is 5.18. The van der Waals surface area contributed by atoms with Crippen molar-refractivity contribution in [3.8, 4) is 0 Å². The SMILES string of the molecule is CNCCC(=O)N1CCOC(c2cccc(C(F)(F)F)c2)C1. The van der Waals surface area contributed by atoms with Gasteiger partial charge in [-0.15, -0.1) is 0 Å². The van der Waals surface area contributed by atoms with Crippen molar-refractivity contribution < 1.29 is 22.7 Å². The maximum Gasteiger partial charge on any atom is 0.416 e. The first kappa shape index (κ1) is 16.8. The number of alkyl halides is 3. The molecule has 22 heavy (non-hydrogen) atoms. The lowest BCUT2D eigenvalue weighted by Crippen LogP contribution is -2.43. The van der Waals surface area contributed by atoms with Crippen molar-refractivity contribution in [3.05, 3.63) is 35.4 Å². The maximum absolute atomic E-state index is 12.8. The van der Waals surface area contributed by atoms with Crippen LogP contribution in [-0.4, -0.2) is 44.1 Å². The number of morpholine rings is 1. The van der Waals surface area contributed by atoms with Crippen LogP contribution in [0, 0.1) is 0 Å². The summed E-state index contributed by atoms with van der Waals surface area (Å²) in [5.74, 6) is -0.0189. The Bertz CT molecular complexity index is 520. The molecule has 1 N–H and O–H groups in total. The summed E-state index contributed by atoms with van der Waals surface area (Å²) in [5, 5.41) is 2.90. The molecule has 4 nitrogen and oxygen atoms in total. The van der Waals surface area contributed by atoms with E-state index in [1.165, 1.54) is 6.07 Å². The van der Waals surface area contributed by atoms with E-state index in [0.29, 0.717) is 31.7 Å². The minimum Gasteiger partial charge on any atom is -0.370 e. The molecule has 7 heteroatoms. The highest BCUT2D eigenvalue weighted by Crippen LogP contribution is 2.32.